The smallest absolute Gasteiger partial charge is 0.261 e. The molecular weight excluding hydrogens is 293 g/mol. The van der Waals surface area contributed by atoms with Crippen molar-refractivity contribution < 1.29 is 8.42 Å². The minimum atomic E-state index is -3.63. The van der Waals surface area contributed by atoms with Crippen molar-refractivity contribution in [2.24, 2.45) is 0 Å². The van der Waals surface area contributed by atoms with E-state index in [1.54, 1.807) is 36.4 Å². The van der Waals surface area contributed by atoms with Crippen molar-refractivity contribution in [2.45, 2.75) is 4.90 Å². The van der Waals surface area contributed by atoms with E-state index in [1.165, 1.54) is 12.1 Å². The van der Waals surface area contributed by atoms with Gasteiger partial charge in [-0.1, -0.05) is 29.3 Å². The molecule has 0 amide bonds. The maximum atomic E-state index is 12.0. The SMILES string of the molecule is O=S(=O)(Nc1ccc(Cl)cc1)c1cccc(Cl)c1. The van der Waals surface area contributed by atoms with Gasteiger partial charge in [0.1, 0.15) is 0 Å². The van der Waals surface area contributed by atoms with Crippen LogP contribution in [0.2, 0.25) is 10.0 Å². The summed E-state index contributed by atoms with van der Waals surface area (Å²) < 4.78 is 26.5. The first-order valence-corrected chi connectivity index (χ1v) is 7.25. The zero-order chi connectivity index (χ0) is 13.2. The molecule has 1 N–H and O–H groups in total. The summed E-state index contributed by atoms with van der Waals surface area (Å²) in [4.78, 5) is 0.116. The minimum Gasteiger partial charge on any atom is -0.280 e. The number of anilines is 1. The van der Waals surface area contributed by atoms with Crippen molar-refractivity contribution >= 4 is 38.9 Å². The molecule has 0 radical (unpaired) electrons. The largest absolute Gasteiger partial charge is 0.280 e. The van der Waals surface area contributed by atoms with Crippen molar-refractivity contribution in [2.75, 3.05) is 4.72 Å². The van der Waals surface area contributed by atoms with Gasteiger partial charge in [0.25, 0.3) is 10.0 Å². The Hall–Kier alpha value is -1.23. The van der Waals surface area contributed by atoms with E-state index >= 15 is 0 Å². The van der Waals surface area contributed by atoms with Crippen molar-refractivity contribution in [3.63, 3.8) is 0 Å². The predicted octanol–water partition coefficient (Wildman–Crippen LogP) is 3.79. The summed E-state index contributed by atoms with van der Waals surface area (Å²) in [7, 11) is -3.63. The molecule has 0 bridgehead atoms. The molecule has 0 saturated heterocycles. The Morgan fingerprint density at radius 1 is 0.889 bits per heavy atom. The number of halogens is 2. The van der Waals surface area contributed by atoms with E-state index in [4.69, 9.17) is 23.2 Å². The lowest BCUT2D eigenvalue weighted by molar-refractivity contribution is 0.601. The second kappa shape index (κ2) is 5.18. The Morgan fingerprint density at radius 2 is 1.56 bits per heavy atom. The molecule has 94 valence electrons. The number of hydrogen-bond acceptors (Lipinski definition) is 2. The number of nitrogens with one attached hydrogen (secondary N) is 1. The molecule has 3 nitrogen and oxygen atoms in total. The van der Waals surface area contributed by atoms with Crippen LogP contribution in [0.4, 0.5) is 5.69 Å². The lowest BCUT2D eigenvalue weighted by atomic mass is 10.3. The fourth-order valence-electron chi connectivity index (χ4n) is 1.37. The molecule has 0 aliphatic rings. The van der Waals surface area contributed by atoms with Gasteiger partial charge in [-0.3, -0.25) is 4.72 Å². The molecule has 0 aromatic heterocycles. The second-order valence-electron chi connectivity index (χ2n) is 3.57. The van der Waals surface area contributed by atoms with Gasteiger partial charge >= 0.3 is 0 Å². The quantitative estimate of drug-likeness (QED) is 0.937. The minimum absolute atomic E-state index is 0.116. The van der Waals surface area contributed by atoms with E-state index in [2.05, 4.69) is 4.72 Å². The zero-order valence-corrected chi connectivity index (χ0v) is 11.4. The molecule has 0 unspecified atom stereocenters. The van der Waals surface area contributed by atoms with Crippen LogP contribution in [0.1, 0.15) is 0 Å². The Bertz CT molecular complexity index is 654. The average molecular weight is 302 g/mol. The van der Waals surface area contributed by atoms with E-state index in [-0.39, 0.29) is 4.90 Å². The first kappa shape index (κ1) is 13.2. The molecule has 6 heteroatoms. The molecule has 18 heavy (non-hydrogen) atoms. The highest BCUT2D eigenvalue weighted by Gasteiger charge is 2.14. The number of sulfonamides is 1. The van der Waals surface area contributed by atoms with E-state index in [1.807, 2.05) is 0 Å². The lowest BCUT2D eigenvalue weighted by Gasteiger charge is -2.08. The molecule has 0 saturated carbocycles. The maximum Gasteiger partial charge on any atom is 0.261 e. The van der Waals surface area contributed by atoms with Gasteiger partial charge in [0.15, 0.2) is 0 Å². The van der Waals surface area contributed by atoms with Crippen molar-refractivity contribution in [3.8, 4) is 0 Å². The van der Waals surface area contributed by atoms with Crippen LogP contribution in [0.3, 0.4) is 0 Å². The van der Waals surface area contributed by atoms with Gasteiger partial charge in [-0.05, 0) is 42.5 Å². The Morgan fingerprint density at radius 3 is 2.17 bits per heavy atom. The summed E-state index contributed by atoms with van der Waals surface area (Å²) in [5, 5.41) is 0.912. The number of hydrogen-bond donors (Lipinski definition) is 1. The summed E-state index contributed by atoms with van der Waals surface area (Å²) in [6.07, 6.45) is 0. The van der Waals surface area contributed by atoms with Crippen molar-refractivity contribution in [1.82, 2.24) is 0 Å². The van der Waals surface area contributed by atoms with Gasteiger partial charge in [0.2, 0.25) is 0 Å². The second-order valence-corrected chi connectivity index (χ2v) is 6.13. The zero-order valence-electron chi connectivity index (χ0n) is 9.10. The Balaban J connectivity index is 2.30. The fraction of sp³-hybridized carbons (Fsp3) is 0. The first-order chi connectivity index (χ1) is 8.47. The summed E-state index contributed by atoms with van der Waals surface area (Å²) >= 11 is 11.5. The van der Waals surface area contributed by atoms with Gasteiger partial charge < -0.3 is 0 Å². The standard InChI is InChI=1S/C12H9Cl2NO2S/c13-9-4-6-11(7-5-9)15-18(16,17)12-3-1-2-10(14)8-12/h1-8,15H. The van der Waals surface area contributed by atoms with E-state index < -0.39 is 10.0 Å². The van der Waals surface area contributed by atoms with Crippen LogP contribution in [-0.2, 0) is 10.0 Å². The summed E-state index contributed by atoms with van der Waals surface area (Å²) in [6.45, 7) is 0. The monoisotopic (exact) mass is 301 g/mol. The Labute approximate surface area is 115 Å². The molecule has 0 heterocycles. The molecule has 0 fully saturated rings. The Kier molecular flexibility index (Phi) is 3.80. The van der Waals surface area contributed by atoms with E-state index in [0.29, 0.717) is 15.7 Å². The molecule has 2 aromatic carbocycles. The van der Waals surface area contributed by atoms with Crippen LogP contribution in [-0.4, -0.2) is 8.42 Å². The summed E-state index contributed by atoms with van der Waals surface area (Å²) in [5.41, 5.74) is 0.444. The fourth-order valence-corrected chi connectivity index (χ4v) is 2.85. The van der Waals surface area contributed by atoms with E-state index in [9.17, 15) is 8.42 Å². The van der Waals surface area contributed by atoms with Gasteiger partial charge in [-0.25, -0.2) is 8.42 Å². The van der Waals surface area contributed by atoms with Crippen LogP contribution < -0.4 is 4.72 Å². The molecule has 0 atom stereocenters. The maximum absolute atomic E-state index is 12.0. The third-order valence-corrected chi connectivity index (χ3v) is 4.07. The van der Waals surface area contributed by atoms with Crippen molar-refractivity contribution in [1.29, 1.82) is 0 Å². The van der Waals surface area contributed by atoms with Gasteiger partial charge in [0, 0.05) is 15.7 Å². The molecular formula is C12H9Cl2NO2S. The van der Waals surface area contributed by atoms with Crippen LogP contribution in [0.5, 0.6) is 0 Å². The molecule has 2 aromatic rings. The van der Waals surface area contributed by atoms with Gasteiger partial charge in [-0.2, -0.15) is 0 Å². The predicted molar refractivity (Wildman–Crippen MR) is 73.7 cm³/mol. The van der Waals surface area contributed by atoms with Crippen LogP contribution in [0.15, 0.2) is 53.4 Å². The number of benzene rings is 2. The molecule has 0 aliphatic heterocycles. The van der Waals surface area contributed by atoms with Crippen LogP contribution in [0.25, 0.3) is 0 Å². The summed E-state index contributed by atoms with van der Waals surface area (Å²) in [6, 6.07) is 12.5. The highest BCUT2D eigenvalue weighted by Crippen LogP contribution is 2.20. The van der Waals surface area contributed by atoms with Crippen LogP contribution >= 0.6 is 23.2 Å². The highest BCUT2D eigenvalue weighted by molar-refractivity contribution is 7.92. The van der Waals surface area contributed by atoms with E-state index in [0.717, 1.165) is 0 Å². The normalized spacial score (nSPS) is 11.2. The van der Waals surface area contributed by atoms with Crippen molar-refractivity contribution in [3.05, 3.63) is 58.6 Å². The van der Waals surface area contributed by atoms with Gasteiger partial charge in [-0.15, -0.1) is 0 Å². The molecule has 0 aliphatic carbocycles. The first-order valence-electron chi connectivity index (χ1n) is 5.01. The average Bonchev–Trinajstić information content (AvgIpc) is 2.32. The lowest BCUT2D eigenvalue weighted by Crippen LogP contribution is -2.12. The third-order valence-electron chi connectivity index (χ3n) is 2.20. The van der Waals surface area contributed by atoms with Crippen LogP contribution in [0, 0.1) is 0 Å². The molecule has 0 spiro atoms. The highest BCUT2D eigenvalue weighted by atomic mass is 35.5. The topological polar surface area (TPSA) is 46.2 Å². The number of rotatable bonds is 3. The van der Waals surface area contributed by atoms with Gasteiger partial charge in [0.05, 0.1) is 4.90 Å². The molecule has 2 rings (SSSR count). The summed E-state index contributed by atoms with van der Waals surface area (Å²) in [5.74, 6) is 0. The third kappa shape index (κ3) is 3.16.